The Morgan fingerprint density at radius 2 is 2.04 bits per heavy atom. The molecule has 2 aromatic rings. The van der Waals surface area contributed by atoms with E-state index in [1.165, 1.54) is 0 Å². The Kier molecular flexibility index (Phi) is 7.83. The Labute approximate surface area is 170 Å². The molecule has 28 heavy (non-hydrogen) atoms. The van der Waals surface area contributed by atoms with Gasteiger partial charge in [0.1, 0.15) is 5.75 Å². The first-order chi connectivity index (χ1) is 13.1. The molecule has 0 saturated carbocycles. The Hall–Kier alpha value is -2.58. The number of amides is 2. The zero-order valence-corrected chi connectivity index (χ0v) is 16.8. The fourth-order valence-corrected chi connectivity index (χ4v) is 3.20. The number of aryl methyl sites for hydroxylation is 1. The fourth-order valence-electron chi connectivity index (χ4n) is 3.20. The third-order valence-corrected chi connectivity index (χ3v) is 4.57. The number of likely N-dealkylation sites (N-methyl/N-ethyl adjacent to an activating group) is 1. The maximum absolute atomic E-state index is 12.7. The van der Waals surface area contributed by atoms with E-state index in [-0.39, 0.29) is 42.7 Å². The number of rotatable bonds is 7. The molecular formula is C19H26ClN5O3. The lowest BCUT2D eigenvalue weighted by atomic mass is 9.90. The Bertz CT molecular complexity index is 793. The molecule has 9 heteroatoms. The molecule has 1 aromatic carbocycles. The molecule has 0 unspecified atom stereocenters. The van der Waals surface area contributed by atoms with Crippen molar-refractivity contribution in [3.05, 3.63) is 42.2 Å². The lowest BCUT2D eigenvalue weighted by molar-refractivity contribution is -0.123. The van der Waals surface area contributed by atoms with Gasteiger partial charge in [0, 0.05) is 44.5 Å². The third kappa shape index (κ3) is 5.46. The second-order valence-electron chi connectivity index (χ2n) is 6.57. The van der Waals surface area contributed by atoms with Gasteiger partial charge in [0.15, 0.2) is 6.61 Å². The number of nitrogens with one attached hydrogen (secondary N) is 3. The first-order valence-electron chi connectivity index (χ1n) is 9.06. The minimum atomic E-state index is -0.162. The van der Waals surface area contributed by atoms with Crippen molar-refractivity contribution in [1.82, 2.24) is 20.4 Å². The van der Waals surface area contributed by atoms with E-state index in [9.17, 15) is 9.59 Å². The summed E-state index contributed by atoms with van der Waals surface area (Å²) in [7, 11) is 1.87. The first-order valence-corrected chi connectivity index (χ1v) is 9.06. The van der Waals surface area contributed by atoms with Crippen LogP contribution in [0.3, 0.4) is 0 Å². The van der Waals surface area contributed by atoms with E-state index in [0.717, 1.165) is 12.1 Å². The summed E-state index contributed by atoms with van der Waals surface area (Å²) in [4.78, 5) is 24.1. The summed E-state index contributed by atoms with van der Waals surface area (Å²) >= 11 is 0. The van der Waals surface area contributed by atoms with Crippen LogP contribution in [0.2, 0.25) is 0 Å². The molecule has 1 aliphatic rings. The molecule has 0 radical (unpaired) electrons. The smallest absolute Gasteiger partial charge is 0.257 e. The Morgan fingerprint density at radius 1 is 1.29 bits per heavy atom. The van der Waals surface area contributed by atoms with E-state index in [1.54, 1.807) is 28.9 Å². The molecule has 0 bridgehead atoms. The molecule has 8 nitrogen and oxygen atoms in total. The van der Waals surface area contributed by atoms with Crippen molar-refractivity contribution in [2.24, 2.45) is 13.0 Å². The highest BCUT2D eigenvalue weighted by Gasteiger charge is 2.34. The zero-order valence-electron chi connectivity index (χ0n) is 16.0. The van der Waals surface area contributed by atoms with Crippen LogP contribution in [0.1, 0.15) is 18.4 Å². The molecule has 0 spiro atoms. The van der Waals surface area contributed by atoms with Gasteiger partial charge in [-0.3, -0.25) is 14.3 Å². The van der Waals surface area contributed by atoms with Crippen LogP contribution in [-0.2, 0) is 16.6 Å². The summed E-state index contributed by atoms with van der Waals surface area (Å²) in [6, 6.07) is 7.01. The number of carbonyl (C=O) groups is 2. The average molecular weight is 408 g/mol. The van der Waals surface area contributed by atoms with Crippen molar-refractivity contribution < 1.29 is 14.3 Å². The summed E-state index contributed by atoms with van der Waals surface area (Å²) in [6.07, 6.45) is 3.78. The molecule has 1 fully saturated rings. The van der Waals surface area contributed by atoms with Crippen molar-refractivity contribution in [3.63, 3.8) is 0 Å². The summed E-state index contributed by atoms with van der Waals surface area (Å²) < 4.78 is 7.17. The van der Waals surface area contributed by atoms with Crippen LogP contribution in [-0.4, -0.2) is 47.8 Å². The predicted octanol–water partition coefficient (Wildman–Crippen LogP) is 1.30. The van der Waals surface area contributed by atoms with Gasteiger partial charge in [-0.15, -0.1) is 12.4 Å². The van der Waals surface area contributed by atoms with E-state index in [1.807, 2.05) is 26.4 Å². The predicted molar refractivity (Wildman–Crippen MR) is 109 cm³/mol. The van der Waals surface area contributed by atoms with Gasteiger partial charge in [0.2, 0.25) is 5.91 Å². The van der Waals surface area contributed by atoms with Gasteiger partial charge < -0.3 is 20.7 Å². The second-order valence-corrected chi connectivity index (χ2v) is 6.57. The fraction of sp³-hybridized carbons (Fsp3) is 0.421. The summed E-state index contributed by atoms with van der Waals surface area (Å²) in [5.41, 5.74) is 1.76. The molecule has 2 amide bonds. The molecule has 152 valence electrons. The van der Waals surface area contributed by atoms with Crippen LogP contribution in [0.4, 0.5) is 5.69 Å². The molecular weight excluding hydrogens is 382 g/mol. The van der Waals surface area contributed by atoms with Crippen molar-refractivity contribution >= 4 is 29.9 Å². The van der Waals surface area contributed by atoms with Gasteiger partial charge in [-0.1, -0.05) is 0 Å². The SMILES string of the molecule is CCNC(=O)COc1ccc(NC(=O)[C@H]2CNC[C@@H]2c2cnn(C)c2)cc1.Cl. The third-order valence-electron chi connectivity index (χ3n) is 4.57. The molecule has 2 heterocycles. The Balaban J connectivity index is 0.00000280. The van der Waals surface area contributed by atoms with Crippen LogP contribution in [0.15, 0.2) is 36.7 Å². The van der Waals surface area contributed by atoms with E-state index in [0.29, 0.717) is 24.5 Å². The number of nitrogens with zero attached hydrogens (tertiary/aromatic N) is 2. The molecule has 1 saturated heterocycles. The van der Waals surface area contributed by atoms with E-state index in [4.69, 9.17) is 4.74 Å². The quantitative estimate of drug-likeness (QED) is 0.642. The largest absolute Gasteiger partial charge is 0.484 e. The van der Waals surface area contributed by atoms with Gasteiger partial charge in [-0.25, -0.2) is 0 Å². The molecule has 0 aliphatic carbocycles. The summed E-state index contributed by atoms with van der Waals surface area (Å²) in [6.45, 7) is 3.80. The lowest BCUT2D eigenvalue weighted by Gasteiger charge is -2.17. The average Bonchev–Trinajstić information content (AvgIpc) is 3.30. The number of ether oxygens (including phenoxy) is 1. The number of hydrogen-bond donors (Lipinski definition) is 3. The van der Waals surface area contributed by atoms with Crippen molar-refractivity contribution in [1.29, 1.82) is 0 Å². The van der Waals surface area contributed by atoms with Gasteiger partial charge in [-0.2, -0.15) is 5.10 Å². The summed E-state index contributed by atoms with van der Waals surface area (Å²) in [5, 5.41) is 13.1. The normalized spacial score (nSPS) is 18.2. The molecule has 1 aliphatic heterocycles. The standard InChI is InChI=1S/C19H25N5O3.ClH/c1-3-21-18(25)12-27-15-6-4-14(5-7-15)23-19(26)17-10-20-9-16(17)13-8-22-24(2)11-13;/h4-8,11,16-17,20H,3,9-10,12H2,1-2H3,(H,21,25)(H,23,26);1H/t16-,17+;/m1./s1. The number of benzene rings is 1. The molecule has 2 atom stereocenters. The van der Waals surface area contributed by atoms with Crippen molar-refractivity contribution in [2.45, 2.75) is 12.8 Å². The summed E-state index contributed by atoms with van der Waals surface area (Å²) in [5.74, 6) is 0.353. The molecule has 3 rings (SSSR count). The highest BCUT2D eigenvalue weighted by atomic mass is 35.5. The zero-order chi connectivity index (χ0) is 19.2. The van der Waals surface area contributed by atoms with E-state index >= 15 is 0 Å². The highest BCUT2D eigenvalue weighted by molar-refractivity contribution is 5.93. The van der Waals surface area contributed by atoms with Gasteiger partial charge in [-0.05, 0) is 36.8 Å². The molecule has 1 aromatic heterocycles. The number of aromatic nitrogens is 2. The molecule has 3 N–H and O–H groups in total. The van der Waals surface area contributed by atoms with Crippen molar-refractivity contribution in [3.8, 4) is 5.75 Å². The van der Waals surface area contributed by atoms with Crippen LogP contribution in [0, 0.1) is 5.92 Å². The Morgan fingerprint density at radius 3 is 2.68 bits per heavy atom. The number of carbonyl (C=O) groups excluding carboxylic acids is 2. The monoisotopic (exact) mass is 407 g/mol. The number of anilines is 1. The maximum atomic E-state index is 12.7. The van der Waals surface area contributed by atoms with Gasteiger partial charge in [0.25, 0.3) is 5.91 Å². The van der Waals surface area contributed by atoms with E-state index < -0.39 is 0 Å². The van der Waals surface area contributed by atoms with Crippen LogP contribution < -0.4 is 20.7 Å². The second kappa shape index (κ2) is 10.1. The van der Waals surface area contributed by atoms with Crippen LogP contribution >= 0.6 is 12.4 Å². The number of halogens is 1. The topological polar surface area (TPSA) is 97.3 Å². The van der Waals surface area contributed by atoms with Gasteiger partial charge in [0.05, 0.1) is 12.1 Å². The van der Waals surface area contributed by atoms with Crippen LogP contribution in [0.25, 0.3) is 0 Å². The highest BCUT2D eigenvalue weighted by Crippen LogP contribution is 2.29. The number of hydrogen-bond acceptors (Lipinski definition) is 5. The van der Waals surface area contributed by atoms with Crippen molar-refractivity contribution in [2.75, 3.05) is 31.6 Å². The lowest BCUT2D eigenvalue weighted by Crippen LogP contribution is -2.28. The van der Waals surface area contributed by atoms with Crippen LogP contribution in [0.5, 0.6) is 5.75 Å². The van der Waals surface area contributed by atoms with Gasteiger partial charge >= 0.3 is 0 Å². The minimum absolute atomic E-state index is 0. The minimum Gasteiger partial charge on any atom is -0.484 e. The van der Waals surface area contributed by atoms with E-state index in [2.05, 4.69) is 21.0 Å². The first kappa shape index (κ1) is 21.7. The maximum Gasteiger partial charge on any atom is 0.257 e.